The van der Waals surface area contributed by atoms with Gasteiger partial charge in [-0.2, -0.15) is 0 Å². The smallest absolute Gasteiger partial charge is 0.341 e. The summed E-state index contributed by atoms with van der Waals surface area (Å²) in [6.07, 6.45) is 4.99. The highest BCUT2D eigenvalue weighted by Crippen LogP contribution is 2.15. The van der Waals surface area contributed by atoms with Crippen molar-refractivity contribution in [1.82, 2.24) is 10.3 Å². The third-order valence-corrected chi connectivity index (χ3v) is 2.84. The Balaban J connectivity index is 1.96. The highest BCUT2D eigenvalue weighted by atomic mass is 16.5. The van der Waals surface area contributed by atoms with Crippen LogP contribution in [0, 0.1) is 0 Å². The fourth-order valence-electron chi connectivity index (χ4n) is 1.91. The van der Waals surface area contributed by atoms with E-state index < -0.39 is 5.97 Å². The maximum atomic E-state index is 10.9. The van der Waals surface area contributed by atoms with Crippen LogP contribution in [0.25, 0.3) is 0 Å². The van der Waals surface area contributed by atoms with Crippen molar-refractivity contribution in [3.63, 3.8) is 0 Å². The minimum absolute atomic E-state index is 0.114. The molecule has 1 aliphatic heterocycles. The van der Waals surface area contributed by atoms with Gasteiger partial charge in [0.25, 0.3) is 0 Å². The second kappa shape index (κ2) is 5.63. The number of aromatic nitrogens is 1. The van der Waals surface area contributed by atoms with Crippen LogP contribution in [0.5, 0.6) is 5.88 Å². The first-order chi connectivity index (χ1) is 8.27. The molecule has 0 radical (unpaired) electrons. The number of rotatable bonds is 4. The van der Waals surface area contributed by atoms with Gasteiger partial charge in [0, 0.05) is 12.2 Å². The molecule has 0 amide bonds. The number of ether oxygens (including phenoxy) is 1. The van der Waals surface area contributed by atoms with Crippen molar-refractivity contribution < 1.29 is 14.6 Å². The van der Waals surface area contributed by atoms with Crippen molar-refractivity contribution in [3.8, 4) is 5.88 Å². The summed E-state index contributed by atoms with van der Waals surface area (Å²) < 4.78 is 5.48. The van der Waals surface area contributed by atoms with Crippen LogP contribution in [0.1, 0.15) is 29.6 Å². The third-order valence-electron chi connectivity index (χ3n) is 2.84. The molecule has 0 spiro atoms. The van der Waals surface area contributed by atoms with Crippen LogP contribution < -0.4 is 10.1 Å². The van der Waals surface area contributed by atoms with Crippen molar-refractivity contribution in [1.29, 1.82) is 0 Å². The molecule has 5 heteroatoms. The second-order valence-corrected chi connectivity index (χ2v) is 4.12. The number of carboxylic acid groups (broad SMARTS) is 1. The van der Waals surface area contributed by atoms with Crippen LogP contribution in [0.15, 0.2) is 18.3 Å². The van der Waals surface area contributed by atoms with E-state index in [2.05, 4.69) is 10.3 Å². The minimum atomic E-state index is -1.01. The Morgan fingerprint density at radius 1 is 1.59 bits per heavy atom. The molecule has 1 aromatic heterocycles. The summed E-state index contributed by atoms with van der Waals surface area (Å²) in [6, 6.07) is 3.39. The molecule has 1 aliphatic rings. The van der Waals surface area contributed by atoms with Gasteiger partial charge in [-0.05, 0) is 31.5 Å². The molecule has 1 unspecified atom stereocenters. The number of piperidine rings is 1. The summed E-state index contributed by atoms with van der Waals surface area (Å²) in [5, 5.41) is 12.3. The van der Waals surface area contributed by atoms with E-state index in [9.17, 15) is 4.79 Å². The topological polar surface area (TPSA) is 71.5 Å². The lowest BCUT2D eigenvalue weighted by Crippen LogP contribution is -2.38. The van der Waals surface area contributed by atoms with Gasteiger partial charge >= 0.3 is 5.97 Å². The Labute approximate surface area is 99.8 Å². The minimum Gasteiger partial charge on any atom is -0.477 e. The molecule has 2 rings (SSSR count). The lowest BCUT2D eigenvalue weighted by atomic mass is 10.1. The number of nitrogens with one attached hydrogen (secondary N) is 1. The predicted molar refractivity (Wildman–Crippen MR) is 62.3 cm³/mol. The monoisotopic (exact) mass is 236 g/mol. The molecular weight excluding hydrogens is 220 g/mol. The molecule has 0 aromatic carbocycles. The van der Waals surface area contributed by atoms with Crippen LogP contribution >= 0.6 is 0 Å². The Morgan fingerprint density at radius 3 is 3.18 bits per heavy atom. The van der Waals surface area contributed by atoms with Crippen molar-refractivity contribution in [3.05, 3.63) is 23.9 Å². The van der Waals surface area contributed by atoms with E-state index in [0.29, 0.717) is 12.6 Å². The number of aromatic carboxylic acids is 1. The fraction of sp³-hybridized carbons (Fsp3) is 0.500. The third kappa shape index (κ3) is 3.17. The van der Waals surface area contributed by atoms with Gasteiger partial charge in [0.15, 0.2) is 0 Å². The SMILES string of the molecule is O=C(O)c1cccnc1OCC1CCCCN1. The van der Waals surface area contributed by atoms with E-state index in [4.69, 9.17) is 9.84 Å². The zero-order valence-electron chi connectivity index (χ0n) is 9.56. The van der Waals surface area contributed by atoms with Crippen molar-refractivity contribution in [2.45, 2.75) is 25.3 Å². The fourth-order valence-corrected chi connectivity index (χ4v) is 1.91. The zero-order chi connectivity index (χ0) is 12.1. The van der Waals surface area contributed by atoms with Crippen molar-refractivity contribution >= 4 is 5.97 Å². The van der Waals surface area contributed by atoms with Gasteiger partial charge < -0.3 is 15.2 Å². The first kappa shape index (κ1) is 11.9. The zero-order valence-corrected chi connectivity index (χ0v) is 9.56. The van der Waals surface area contributed by atoms with E-state index in [1.54, 1.807) is 6.07 Å². The average Bonchev–Trinajstić information content (AvgIpc) is 2.38. The number of carboxylic acids is 1. The molecule has 1 saturated heterocycles. The molecule has 17 heavy (non-hydrogen) atoms. The number of carbonyl (C=O) groups is 1. The quantitative estimate of drug-likeness (QED) is 0.824. The van der Waals surface area contributed by atoms with E-state index >= 15 is 0 Å². The van der Waals surface area contributed by atoms with Gasteiger partial charge in [-0.25, -0.2) is 9.78 Å². The van der Waals surface area contributed by atoms with Crippen molar-refractivity contribution in [2.75, 3.05) is 13.2 Å². The Morgan fingerprint density at radius 2 is 2.47 bits per heavy atom. The molecular formula is C12H16N2O3. The van der Waals surface area contributed by atoms with Crippen LogP contribution in [-0.2, 0) is 0 Å². The number of pyridine rings is 1. The summed E-state index contributed by atoms with van der Waals surface area (Å²) in [5.41, 5.74) is 0.114. The molecule has 0 saturated carbocycles. The van der Waals surface area contributed by atoms with Gasteiger partial charge in [-0.1, -0.05) is 6.42 Å². The second-order valence-electron chi connectivity index (χ2n) is 4.12. The summed E-state index contributed by atoms with van der Waals surface area (Å²) in [4.78, 5) is 14.9. The maximum absolute atomic E-state index is 10.9. The molecule has 92 valence electrons. The summed E-state index contributed by atoms with van der Waals surface area (Å²) in [5.74, 6) is -0.808. The molecule has 2 heterocycles. The lowest BCUT2D eigenvalue weighted by Gasteiger charge is -2.23. The van der Waals surface area contributed by atoms with E-state index in [0.717, 1.165) is 13.0 Å². The standard InChI is InChI=1S/C12H16N2O3/c15-12(16)10-5-3-7-14-11(10)17-8-9-4-1-2-6-13-9/h3,5,7,9,13H,1-2,4,6,8H2,(H,15,16). The van der Waals surface area contributed by atoms with Crippen molar-refractivity contribution in [2.24, 2.45) is 0 Å². The molecule has 2 N–H and O–H groups in total. The Kier molecular flexibility index (Phi) is 3.93. The summed E-state index contributed by atoms with van der Waals surface area (Å²) in [7, 11) is 0. The van der Waals surface area contributed by atoms with Crippen LogP contribution in [0.4, 0.5) is 0 Å². The van der Waals surface area contributed by atoms with Gasteiger partial charge in [0.05, 0.1) is 0 Å². The van der Waals surface area contributed by atoms with E-state index in [1.807, 2.05) is 0 Å². The van der Waals surface area contributed by atoms with Crippen LogP contribution in [-0.4, -0.2) is 35.3 Å². The lowest BCUT2D eigenvalue weighted by molar-refractivity contribution is 0.0690. The molecule has 1 fully saturated rings. The highest BCUT2D eigenvalue weighted by molar-refractivity contribution is 5.90. The highest BCUT2D eigenvalue weighted by Gasteiger charge is 2.16. The van der Waals surface area contributed by atoms with E-state index in [-0.39, 0.29) is 11.4 Å². The summed E-state index contributed by atoms with van der Waals surface area (Å²) in [6.45, 7) is 1.47. The predicted octanol–water partition coefficient (Wildman–Crippen LogP) is 1.30. The van der Waals surface area contributed by atoms with Crippen LogP contribution in [0.2, 0.25) is 0 Å². The first-order valence-electron chi connectivity index (χ1n) is 5.82. The van der Waals surface area contributed by atoms with Gasteiger partial charge in [0.2, 0.25) is 5.88 Å². The van der Waals surface area contributed by atoms with Gasteiger partial charge in [0.1, 0.15) is 12.2 Å². The summed E-state index contributed by atoms with van der Waals surface area (Å²) >= 11 is 0. The first-order valence-corrected chi connectivity index (χ1v) is 5.82. The Hall–Kier alpha value is -1.62. The molecule has 5 nitrogen and oxygen atoms in total. The maximum Gasteiger partial charge on any atom is 0.341 e. The molecule has 1 aromatic rings. The number of nitrogens with zero attached hydrogens (tertiary/aromatic N) is 1. The number of hydrogen-bond acceptors (Lipinski definition) is 4. The van der Waals surface area contributed by atoms with E-state index in [1.165, 1.54) is 25.1 Å². The average molecular weight is 236 g/mol. The molecule has 0 bridgehead atoms. The Bertz CT molecular complexity index is 389. The molecule has 1 atom stereocenters. The van der Waals surface area contributed by atoms with Crippen LogP contribution in [0.3, 0.4) is 0 Å². The van der Waals surface area contributed by atoms with Gasteiger partial charge in [-0.3, -0.25) is 0 Å². The van der Waals surface area contributed by atoms with Gasteiger partial charge in [-0.15, -0.1) is 0 Å². The number of hydrogen-bond donors (Lipinski definition) is 2. The largest absolute Gasteiger partial charge is 0.477 e. The molecule has 0 aliphatic carbocycles. The normalized spacial score (nSPS) is 19.9.